The number of amides is 1. The first-order valence-electron chi connectivity index (χ1n) is 10.5. The Morgan fingerprint density at radius 1 is 0.879 bits per heavy atom. The van der Waals surface area contributed by atoms with E-state index in [0.29, 0.717) is 37.5 Å². The molecule has 4 aromatic rings. The lowest BCUT2D eigenvalue weighted by Gasteiger charge is -2.36. The summed E-state index contributed by atoms with van der Waals surface area (Å²) in [4.78, 5) is 33.8. The standard InChI is InChI=1S/C23H20F2N6O2/c24-16-1-5-18(6-2-16)28-9-11-29(12-10-28)21(32)14-30-15-26-22-20(23(30)33)13-27-31(22)19-7-3-17(25)4-8-19/h1-8,13,15H,9-12,14H2. The van der Waals surface area contributed by atoms with Crippen LogP contribution in [0.3, 0.4) is 0 Å². The number of carbonyl (C=O) groups excluding carboxylic acids is 1. The molecular weight excluding hydrogens is 430 g/mol. The molecule has 0 N–H and O–H groups in total. The Bertz CT molecular complexity index is 1360. The van der Waals surface area contributed by atoms with Crippen molar-refractivity contribution in [2.24, 2.45) is 0 Å². The van der Waals surface area contributed by atoms with Gasteiger partial charge in [0, 0.05) is 31.9 Å². The monoisotopic (exact) mass is 450 g/mol. The van der Waals surface area contributed by atoms with Gasteiger partial charge in [-0.15, -0.1) is 0 Å². The first-order valence-corrected chi connectivity index (χ1v) is 10.5. The quantitative estimate of drug-likeness (QED) is 0.477. The minimum absolute atomic E-state index is 0.125. The molecule has 33 heavy (non-hydrogen) atoms. The minimum Gasteiger partial charge on any atom is -0.368 e. The van der Waals surface area contributed by atoms with Crippen LogP contribution in [-0.2, 0) is 11.3 Å². The molecule has 3 heterocycles. The van der Waals surface area contributed by atoms with Gasteiger partial charge in [-0.05, 0) is 48.5 Å². The molecule has 8 nitrogen and oxygen atoms in total. The van der Waals surface area contributed by atoms with Crippen LogP contribution >= 0.6 is 0 Å². The van der Waals surface area contributed by atoms with Gasteiger partial charge < -0.3 is 9.80 Å². The van der Waals surface area contributed by atoms with E-state index < -0.39 is 0 Å². The predicted molar refractivity (Wildman–Crippen MR) is 118 cm³/mol. The number of piperazine rings is 1. The Balaban J connectivity index is 1.29. The smallest absolute Gasteiger partial charge is 0.264 e. The van der Waals surface area contributed by atoms with Gasteiger partial charge in [0.1, 0.15) is 29.9 Å². The number of rotatable bonds is 4. The van der Waals surface area contributed by atoms with Gasteiger partial charge in [-0.1, -0.05) is 0 Å². The number of nitrogens with zero attached hydrogens (tertiary/aromatic N) is 6. The van der Waals surface area contributed by atoms with Gasteiger partial charge >= 0.3 is 0 Å². The number of benzene rings is 2. The van der Waals surface area contributed by atoms with E-state index in [9.17, 15) is 18.4 Å². The second-order valence-electron chi connectivity index (χ2n) is 7.79. The van der Waals surface area contributed by atoms with Gasteiger partial charge in [0.15, 0.2) is 5.65 Å². The van der Waals surface area contributed by atoms with Gasteiger partial charge in [0.05, 0.1) is 11.9 Å². The van der Waals surface area contributed by atoms with Crippen LogP contribution < -0.4 is 10.5 Å². The SMILES string of the molecule is O=C(Cn1cnc2c(cnn2-c2ccc(F)cc2)c1=O)N1CCN(c2ccc(F)cc2)CC1. The molecule has 1 amide bonds. The van der Waals surface area contributed by atoms with Crippen LogP contribution in [0.25, 0.3) is 16.7 Å². The molecule has 2 aromatic carbocycles. The Hall–Kier alpha value is -4.08. The summed E-state index contributed by atoms with van der Waals surface area (Å²) in [5.74, 6) is -0.836. The number of hydrogen-bond donors (Lipinski definition) is 0. The maximum Gasteiger partial charge on any atom is 0.264 e. The van der Waals surface area contributed by atoms with Crippen molar-refractivity contribution in [1.29, 1.82) is 0 Å². The van der Waals surface area contributed by atoms with Crippen molar-refractivity contribution in [3.8, 4) is 5.69 Å². The molecule has 2 aromatic heterocycles. The van der Waals surface area contributed by atoms with E-state index in [4.69, 9.17) is 0 Å². The summed E-state index contributed by atoms with van der Waals surface area (Å²) in [6.07, 6.45) is 2.73. The second kappa shape index (κ2) is 8.45. The Labute approximate surface area is 187 Å². The fourth-order valence-corrected chi connectivity index (χ4v) is 3.94. The van der Waals surface area contributed by atoms with E-state index in [1.807, 2.05) is 0 Å². The van der Waals surface area contributed by atoms with Crippen molar-refractivity contribution in [2.45, 2.75) is 6.54 Å². The highest BCUT2D eigenvalue weighted by molar-refractivity contribution is 5.78. The lowest BCUT2D eigenvalue weighted by Crippen LogP contribution is -2.50. The van der Waals surface area contributed by atoms with Crippen molar-refractivity contribution >= 4 is 22.6 Å². The number of aromatic nitrogens is 4. The molecule has 1 aliphatic rings. The summed E-state index contributed by atoms with van der Waals surface area (Å²) in [6, 6.07) is 12.0. The number of carbonyl (C=O) groups is 1. The van der Waals surface area contributed by atoms with Crippen molar-refractivity contribution in [2.75, 3.05) is 31.1 Å². The van der Waals surface area contributed by atoms with E-state index in [1.165, 1.54) is 46.0 Å². The van der Waals surface area contributed by atoms with E-state index in [1.54, 1.807) is 29.2 Å². The molecule has 0 radical (unpaired) electrons. The molecule has 0 bridgehead atoms. The van der Waals surface area contributed by atoms with Gasteiger partial charge in [0.25, 0.3) is 5.56 Å². The predicted octanol–water partition coefficient (Wildman–Crippen LogP) is 2.21. The van der Waals surface area contributed by atoms with Gasteiger partial charge in [-0.3, -0.25) is 14.2 Å². The van der Waals surface area contributed by atoms with Crippen LogP contribution in [0.15, 0.2) is 65.8 Å². The number of fused-ring (bicyclic) bond motifs is 1. The normalized spacial score (nSPS) is 14.1. The van der Waals surface area contributed by atoms with E-state index in [0.717, 1.165) is 5.69 Å². The van der Waals surface area contributed by atoms with Gasteiger partial charge in [-0.25, -0.2) is 18.4 Å². The van der Waals surface area contributed by atoms with Crippen LogP contribution in [0.5, 0.6) is 0 Å². The fourth-order valence-electron chi connectivity index (χ4n) is 3.94. The summed E-state index contributed by atoms with van der Waals surface area (Å²) >= 11 is 0. The van der Waals surface area contributed by atoms with Crippen LogP contribution in [0, 0.1) is 11.6 Å². The number of halogens is 2. The molecule has 0 saturated carbocycles. The average molecular weight is 450 g/mol. The van der Waals surface area contributed by atoms with Crippen molar-refractivity contribution < 1.29 is 13.6 Å². The Morgan fingerprint density at radius 3 is 2.12 bits per heavy atom. The molecule has 10 heteroatoms. The van der Waals surface area contributed by atoms with E-state index >= 15 is 0 Å². The minimum atomic E-state index is -0.373. The van der Waals surface area contributed by atoms with Crippen molar-refractivity contribution in [3.63, 3.8) is 0 Å². The highest BCUT2D eigenvalue weighted by atomic mass is 19.1. The molecule has 0 spiro atoms. The van der Waals surface area contributed by atoms with Crippen LogP contribution in [0.2, 0.25) is 0 Å². The van der Waals surface area contributed by atoms with Crippen molar-refractivity contribution in [3.05, 3.63) is 83.0 Å². The second-order valence-corrected chi connectivity index (χ2v) is 7.79. The molecule has 1 aliphatic heterocycles. The number of anilines is 1. The molecule has 5 rings (SSSR count). The maximum atomic E-state index is 13.2. The zero-order chi connectivity index (χ0) is 22.9. The van der Waals surface area contributed by atoms with E-state index in [-0.39, 0.29) is 35.0 Å². The third kappa shape index (κ3) is 4.07. The lowest BCUT2D eigenvalue weighted by molar-refractivity contribution is -0.132. The summed E-state index contributed by atoms with van der Waals surface area (Å²) in [5, 5.41) is 4.48. The fraction of sp³-hybridized carbons (Fsp3) is 0.217. The molecule has 1 fully saturated rings. The summed E-state index contributed by atoms with van der Waals surface area (Å²) in [7, 11) is 0. The summed E-state index contributed by atoms with van der Waals surface area (Å²) in [6.45, 7) is 2.12. The van der Waals surface area contributed by atoms with Crippen LogP contribution in [-0.4, -0.2) is 56.3 Å². The van der Waals surface area contributed by atoms with Crippen LogP contribution in [0.1, 0.15) is 0 Å². The van der Waals surface area contributed by atoms with Crippen LogP contribution in [0.4, 0.5) is 14.5 Å². The summed E-state index contributed by atoms with van der Waals surface area (Å²) < 4.78 is 29.1. The number of hydrogen-bond acceptors (Lipinski definition) is 5. The molecule has 1 saturated heterocycles. The lowest BCUT2D eigenvalue weighted by atomic mass is 10.2. The third-order valence-electron chi connectivity index (χ3n) is 5.76. The highest BCUT2D eigenvalue weighted by Gasteiger charge is 2.22. The summed E-state index contributed by atoms with van der Waals surface area (Å²) in [5.41, 5.74) is 1.45. The first-order chi connectivity index (χ1) is 16.0. The van der Waals surface area contributed by atoms with Gasteiger partial charge in [-0.2, -0.15) is 5.10 Å². The average Bonchev–Trinajstić information content (AvgIpc) is 3.27. The van der Waals surface area contributed by atoms with Crippen molar-refractivity contribution in [1.82, 2.24) is 24.2 Å². The molecule has 168 valence electrons. The zero-order valence-corrected chi connectivity index (χ0v) is 17.6. The Morgan fingerprint density at radius 2 is 1.48 bits per heavy atom. The third-order valence-corrected chi connectivity index (χ3v) is 5.76. The Kier molecular flexibility index (Phi) is 5.33. The largest absolute Gasteiger partial charge is 0.368 e. The molecule has 0 atom stereocenters. The molecular formula is C23H20F2N6O2. The highest BCUT2D eigenvalue weighted by Crippen LogP contribution is 2.17. The molecule has 0 unspecified atom stereocenters. The van der Waals surface area contributed by atoms with Gasteiger partial charge in [0.2, 0.25) is 5.91 Å². The van der Waals surface area contributed by atoms with E-state index in [2.05, 4.69) is 15.0 Å². The maximum absolute atomic E-state index is 13.2. The first kappa shape index (κ1) is 20.8. The topological polar surface area (TPSA) is 76.3 Å². The zero-order valence-electron chi connectivity index (χ0n) is 17.6. The molecule has 0 aliphatic carbocycles.